The van der Waals surface area contributed by atoms with Crippen molar-refractivity contribution in [3.8, 4) is 5.75 Å². The number of carbonyl (C=O) groups excluding carboxylic acids is 1. The highest BCUT2D eigenvalue weighted by Gasteiger charge is 2.20. The Kier molecular flexibility index (Phi) is 3.82. The molecule has 7 heteroatoms. The number of hydrogen-bond donors (Lipinski definition) is 0. The zero-order valence-electron chi connectivity index (χ0n) is 7.43. The molecule has 0 fully saturated rings. The van der Waals surface area contributed by atoms with Crippen molar-refractivity contribution in [2.75, 3.05) is 7.11 Å². The van der Waals surface area contributed by atoms with E-state index in [2.05, 4.69) is 9.72 Å². The lowest BCUT2D eigenvalue weighted by molar-refractivity contribution is 0.107. The van der Waals surface area contributed by atoms with Gasteiger partial charge in [0.25, 0.3) is 11.7 Å². The lowest BCUT2D eigenvalue weighted by Gasteiger charge is -2.08. The largest absolute Gasteiger partial charge is 0.495 e. The highest BCUT2D eigenvalue weighted by molar-refractivity contribution is 6.68. The second-order valence-electron chi connectivity index (χ2n) is 2.49. The van der Waals surface area contributed by atoms with Crippen molar-refractivity contribution in [2.45, 2.75) is 6.43 Å². The summed E-state index contributed by atoms with van der Waals surface area (Å²) in [5.41, 5.74) is -0.788. The number of halogens is 4. The van der Waals surface area contributed by atoms with Gasteiger partial charge in [-0.05, 0) is 17.7 Å². The van der Waals surface area contributed by atoms with Crippen molar-refractivity contribution >= 4 is 28.4 Å². The first kappa shape index (κ1) is 12.1. The Hall–Kier alpha value is -0.940. The third-order valence-electron chi connectivity index (χ3n) is 1.61. The Morgan fingerprint density at radius 2 is 2.20 bits per heavy atom. The molecule has 3 nitrogen and oxygen atoms in total. The fourth-order valence-electron chi connectivity index (χ4n) is 0.943. The van der Waals surface area contributed by atoms with E-state index in [-0.39, 0.29) is 16.5 Å². The fourth-order valence-corrected chi connectivity index (χ4v) is 1.37. The Balaban J connectivity index is 3.35. The van der Waals surface area contributed by atoms with E-state index in [1.807, 2.05) is 0 Å². The van der Waals surface area contributed by atoms with Gasteiger partial charge in [0.15, 0.2) is 0 Å². The van der Waals surface area contributed by atoms with Gasteiger partial charge >= 0.3 is 0 Å². The Labute approximate surface area is 94.0 Å². The highest BCUT2D eigenvalue weighted by Crippen LogP contribution is 2.31. The standard InChI is InChI=1S/C8H5Cl2F2NO2/c1-15-4-2-3(7(10)14)6(9)13-5(4)8(11)12/h2,8H,1H3. The van der Waals surface area contributed by atoms with Crippen molar-refractivity contribution in [3.63, 3.8) is 0 Å². The number of carbonyl (C=O) groups is 1. The predicted molar refractivity (Wildman–Crippen MR) is 50.9 cm³/mol. The van der Waals surface area contributed by atoms with Crippen LogP contribution in [0.25, 0.3) is 0 Å². The number of aromatic nitrogens is 1. The van der Waals surface area contributed by atoms with Crippen molar-refractivity contribution in [3.05, 3.63) is 22.5 Å². The lowest BCUT2D eigenvalue weighted by atomic mass is 10.2. The first-order valence-electron chi connectivity index (χ1n) is 3.69. The summed E-state index contributed by atoms with van der Waals surface area (Å²) in [6.45, 7) is 0. The van der Waals surface area contributed by atoms with Crippen LogP contribution in [0, 0.1) is 0 Å². The zero-order valence-corrected chi connectivity index (χ0v) is 8.94. The summed E-state index contributed by atoms with van der Waals surface area (Å²) in [6, 6.07) is 1.03. The minimum atomic E-state index is -2.84. The third kappa shape index (κ3) is 2.54. The van der Waals surface area contributed by atoms with Gasteiger partial charge < -0.3 is 4.74 Å². The molecule has 1 aromatic rings. The van der Waals surface area contributed by atoms with Gasteiger partial charge in [0.05, 0.1) is 12.7 Å². The molecule has 0 atom stereocenters. The average Bonchev–Trinajstić information content (AvgIpc) is 2.16. The van der Waals surface area contributed by atoms with Crippen LogP contribution < -0.4 is 4.74 Å². The van der Waals surface area contributed by atoms with Crippen LogP contribution in [0.3, 0.4) is 0 Å². The van der Waals surface area contributed by atoms with Crippen LogP contribution in [0.1, 0.15) is 22.5 Å². The van der Waals surface area contributed by atoms with Crippen LogP contribution in [-0.2, 0) is 0 Å². The van der Waals surface area contributed by atoms with E-state index in [1.54, 1.807) is 0 Å². The van der Waals surface area contributed by atoms with E-state index in [0.29, 0.717) is 0 Å². The van der Waals surface area contributed by atoms with E-state index in [0.717, 1.165) is 6.07 Å². The van der Waals surface area contributed by atoms with E-state index < -0.39 is 17.4 Å². The quantitative estimate of drug-likeness (QED) is 0.616. The molecule has 0 aromatic carbocycles. The number of hydrogen-bond acceptors (Lipinski definition) is 3. The second-order valence-corrected chi connectivity index (χ2v) is 3.19. The summed E-state index contributed by atoms with van der Waals surface area (Å²) >= 11 is 10.7. The lowest BCUT2D eigenvalue weighted by Crippen LogP contribution is -2.01. The van der Waals surface area contributed by atoms with Gasteiger partial charge in [0.2, 0.25) is 0 Å². The molecule has 0 aliphatic heterocycles. The van der Waals surface area contributed by atoms with E-state index in [1.165, 1.54) is 7.11 Å². The van der Waals surface area contributed by atoms with E-state index >= 15 is 0 Å². The number of methoxy groups -OCH3 is 1. The Bertz CT molecular complexity index is 398. The fraction of sp³-hybridized carbons (Fsp3) is 0.250. The van der Waals surface area contributed by atoms with Gasteiger partial charge in [-0.25, -0.2) is 13.8 Å². The van der Waals surface area contributed by atoms with Crippen LogP contribution >= 0.6 is 23.2 Å². The van der Waals surface area contributed by atoms with Crippen molar-refractivity contribution in [1.82, 2.24) is 4.98 Å². The van der Waals surface area contributed by atoms with Crippen molar-refractivity contribution < 1.29 is 18.3 Å². The summed E-state index contributed by atoms with van der Waals surface area (Å²) in [4.78, 5) is 14.2. The first-order chi connectivity index (χ1) is 6.97. The molecule has 1 aromatic heterocycles. The average molecular weight is 256 g/mol. The molecule has 0 bridgehead atoms. The highest BCUT2D eigenvalue weighted by atomic mass is 35.5. The molecule has 0 radical (unpaired) electrons. The molecule has 0 aliphatic carbocycles. The SMILES string of the molecule is COc1cc(C(=O)Cl)c(Cl)nc1C(F)F. The number of alkyl halides is 2. The van der Waals surface area contributed by atoms with Gasteiger partial charge in [-0.1, -0.05) is 11.6 Å². The predicted octanol–water partition coefficient (Wildman–Crippen LogP) is 3.06. The smallest absolute Gasteiger partial charge is 0.284 e. The summed E-state index contributed by atoms with van der Waals surface area (Å²) in [7, 11) is 1.18. The van der Waals surface area contributed by atoms with Gasteiger partial charge in [0.1, 0.15) is 16.6 Å². The molecule has 1 heterocycles. The minimum Gasteiger partial charge on any atom is -0.495 e. The molecular formula is C8H5Cl2F2NO2. The first-order valence-corrected chi connectivity index (χ1v) is 4.45. The monoisotopic (exact) mass is 255 g/mol. The molecule has 0 amide bonds. The maximum atomic E-state index is 12.4. The van der Waals surface area contributed by atoms with Gasteiger partial charge in [-0.15, -0.1) is 0 Å². The number of rotatable bonds is 3. The van der Waals surface area contributed by atoms with Crippen LogP contribution in [0.2, 0.25) is 5.15 Å². The van der Waals surface area contributed by atoms with Gasteiger partial charge in [-0.2, -0.15) is 0 Å². The molecule has 0 aliphatic rings. The molecule has 15 heavy (non-hydrogen) atoms. The molecule has 0 spiro atoms. The van der Waals surface area contributed by atoms with E-state index in [9.17, 15) is 13.6 Å². The summed E-state index contributed by atoms with van der Waals surface area (Å²) < 4.78 is 29.5. The number of pyridine rings is 1. The second kappa shape index (κ2) is 4.72. The minimum absolute atomic E-state index is 0.167. The maximum Gasteiger partial charge on any atom is 0.284 e. The topological polar surface area (TPSA) is 39.2 Å². The van der Waals surface area contributed by atoms with Crippen LogP contribution in [-0.4, -0.2) is 17.3 Å². The van der Waals surface area contributed by atoms with Crippen LogP contribution in [0.4, 0.5) is 8.78 Å². The molecule has 0 N–H and O–H groups in total. The van der Waals surface area contributed by atoms with Crippen molar-refractivity contribution in [1.29, 1.82) is 0 Å². The Morgan fingerprint density at radius 1 is 1.60 bits per heavy atom. The molecule has 0 unspecified atom stereocenters. The number of nitrogens with zero attached hydrogens (tertiary/aromatic N) is 1. The zero-order chi connectivity index (χ0) is 11.6. The van der Waals surface area contributed by atoms with Crippen LogP contribution in [0.15, 0.2) is 6.07 Å². The molecule has 0 saturated carbocycles. The number of ether oxygens (including phenoxy) is 1. The summed E-state index contributed by atoms with van der Waals surface area (Å²) in [6.07, 6.45) is -2.84. The maximum absolute atomic E-state index is 12.4. The molecule has 82 valence electrons. The summed E-state index contributed by atoms with van der Waals surface area (Å²) in [5.74, 6) is -0.224. The van der Waals surface area contributed by atoms with Gasteiger partial charge in [0, 0.05) is 0 Å². The van der Waals surface area contributed by atoms with Crippen molar-refractivity contribution in [2.24, 2.45) is 0 Å². The van der Waals surface area contributed by atoms with E-state index in [4.69, 9.17) is 23.2 Å². The van der Waals surface area contributed by atoms with Gasteiger partial charge in [-0.3, -0.25) is 4.79 Å². The summed E-state index contributed by atoms with van der Waals surface area (Å²) in [5, 5.41) is -1.25. The Morgan fingerprint density at radius 3 is 2.60 bits per heavy atom. The van der Waals surface area contributed by atoms with Crippen LogP contribution in [0.5, 0.6) is 5.75 Å². The third-order valence-corrected chi connectivity index (χ3v) is 2.10. The molecule has 0 saturated heterocycles. The molecular weight excluding hydrogens is 251 g/mol. The molecule has 1 rings (SSSR count). The normalized spacial score (nSPS) is 10.5.